The minimum absolute atomic E-state index is 0.0729. The molecule has 2 aromatic carbocycles. The molecule has 2 rings (SSSR count). The quantitative estimate of drug-likeness (QED) is 0.0135. The highest BCUT2D eigenvalue weighted by Gasteiger charge is 2.42. The molecule has 33 heteroatoms. The second-order valence-corrected chi connectivity index (χ2v) is 31.5. The van der Waals surface area contributed by atoms with E-state index in [1.54, 1.807) is 0 Å². The predicted molar refractivity (Wildman–Crippen MR) is 445 cm³/mol. The summed E-state index contributed by atoms with van der Waals surface area (Å²) in [5.41, 5.74) is -4.78. The lowest BCUT2D eigenvalue weighted by Gasteiger charge is -2.35. The van der Waals surface area contributed by atoms with Gasteiger partial charge in [0.2, 0.25) is 0 Å². The molecule has 0 heterocycles. The molecule has 670 valence electrons. The van der Waals surface area contributed by atoms with Gasteiger partial charge in [-0.15, -0.1) is 0 Å². The molecule has 0 saturated heterocycles. The molecule has 0 fully saturated rings. The van der Waals surface area contributed by atoms with Crippen LogP contribution in [0.3, 0.4) is 0 Å². The number of hydrogen-bond acceptors (Lipinski definition) is 26. The van der Waals surface area contributed by atoms with Crippen LogP contribution in [0.1, 0.15) is 155 Å². The number of urea groups is 2. The van der Waals surface area contributed by atoms with Crippen LogP contribution in [0.4, 0.5) is 24.0 Å². The van der Waals surface area contributed by atoms with Gasteiger partial charge in [-0.2, -0.15) is 0 Å². The largest absolute Gasteiger partial charge is 0.490 e. The fourth-order valence-electron chi connectivity index (χ4n) is 11.1. The first-order valence-corrected chi connectivity index (χ1v) is 43.0. The van der Waals surface area contributed by atoms with Crippen LogP contribution in [0.25, 0.3) is 0 Å². The Balaban J connectivity index is 2.14. The second-order valence-electron chi connectivity index (χ2n) is 28.4. The first-order chi connectivity index (χ1) is 58.4. The number of nitrogens with zero attached hydrogens (tertiary/aromatic N) is 1. The van der Waals surface area contributed by atoms with Gasteiger partial charge in [0.25, 0.3) is 0 Å². The lowest BCUT2D eigenvalue weighted by Crippen LogP contribution is -3.61. The first-order valence-electron chi connectivity index (χ1n) is 40.8. The average molecular weight is 1810 g/mol. The van der Waals surface area contributed by atoms with Crippen LogP contribution in [0.5, 0.6) is 5.75 Å². The fourth-order valence-corrected chi connectivity index (χ4v) is 13.3. The monoisotopic (exact) mass is 1810 g/mol. The third-order valence-electron chi connectivity index (χ3n) is 18.1. The van der Waals surface area contributed by atoms with Gasteiger partial charge < -0.3 is 88.2 Å². The third kappa shape index (κ3) is 51.4. The van der Waals surface area contributed by atoms with Gasteiger partial charge in [0.1, 0.15) is 89.9 Å². The van der Waals surface area contributed by atoms with Gasteiger partial charge in [0.05, 0.1) is 24.0 Å². The number of halogens is 1. The van der Waals surface area contributed by atoms with E-state index in [9.17, 15) is 62.3 Å². The highest BCUT2D eigenvalue weighted by Crippen LogP contribution is 2.28. The number of imide groups is 1. The molecular weight excluding hydrogens is 1680 g/mol. The number of amides is 7. The van der Waals surface area contributed by atoms with Crippen LogP contribution in [0.15, 0.2) is 156 Å². The summed E-state index contributed by atoms with van der Waals surface area (Å²) in [6.45, 7) is 24.0. The molecule has 0 radical (unpaired) electrons. The van der Waals surface area contributed by atoms with Crippen molar-refractivity contribution in [3.63, 3.8) is 0 Å². The summed E-state index contributed by atoms with van der Waals surface area (Å²) in [4.78, 5) is 166. The van der Waals surface area contributed by atoms with Gasteiger partial charge >= 0.3 is 99.3 Å². The van der Waals surface area contributed by atoms with Crippen molar-refractivity contribution < 1.29 is 145 Å². The number of nitrogens with one attached hydrogen (secondary N) is 5. The van der Waals surface area contributed by atoms with E-state index in [1.165, 1.54) is 52.1 Å². The van der Waals surface area contributed by atoms with Gasteiger partial charge in [-0.05, 0) is 87.8 Å². The van der Waals surface area contributed by atoms with Gasteiger partial charge in [-0.1, -0.05) is 174 Å². The van der Waals surface area contributed by atoms with Crippen molar-refractivity contribution in [3.8, 4) is 5.75 Å². The molecule has 32 nitrogen and oxygen atoms in total. The van der Waals surface area contributed by atoms with Gasteiger partial charge in [-0.3, -0.25) is 0 Å². The molecule has 5 N–H and O–H groups in total. The molecule has 0 aliphatic carbocycles. The lowest BCUT2D eigenvalue weighted by atomic mass is 9.90. The Morgan fingerprint density at radius 1 is 0.339 bits per heavy atom. The van der Waals surface area contributed by atoms with Crippen LogP contribution < -0.4 is 52.5 Å². The Labute approximate surface area is 721 Å². The normalized spacial score (nSPS) is 11.1. The van der Waals surface area contributed by atoms with E-state index in [2.05, 4.69) is 110 Å². The number of rotatable bonds is 70. The number of ether oxygens (including phenoxy) is 13. The Hall–Kier alpha value is -10.8. The predicted octanol–water partition coefficient (Wildman–Crippen LogP) is 9.26. The number of hydrogen-bond donors (Lipinski definition) is 5. The zero-order valence-corrected chi connectivity index (χ0v) is 72.3. The van der Waals surface area contributed by atoms with Crippen molar-refractivity contribution in [1.82, 2.24) is 31.5 Å². The molecule has 0 spiro atoms. The summed E-state index contributed by atoms with van der Waals surface area (Å²) in [5.74, 6) is -6.27. The van der Waals surface area contributed by atoms with Crippen molar-refractivity contribution in [3.05, 3.63) is 163 Å². The average Bonchev–Trinajstić information content (AvgIpc) is 0.837. The van der Waals surface area contributed by atoms with E-state index in [-0.39, 0.29) is 60.5 Å². The Bertz CT molecular complexity index is 3410. The molecule has 1 unspecified atom stereocenters. The summed E-state index contributed by atoms with van der Waals surface area (Å²) < 4.78 is 73.9. The number of benzene rings is 2. The van der Waals surface area contributed by atoms with Gasteiger partial charge in [-0.25, -0.2) is 67.2 Å². The van der Waals surface area contributed by atoms with Crippen LogP contribution in [-0.2, 0) is 95.2 Å². The second kappa shape index (κ2) is 65.9. The van der Waals surface area contributed by atoms with E-state index in [1.807, 2.05) is 30.3 Å². The Morgan fingerprint density at radius 3 is 0.975 bits per heavy atom. The van der Waals surface area contributed by atoms with Crippen molar-refractivity contribution in [1.29, 1.82) is 0 Å². The molecule has 0 saturated carbocycles. The number of carbonyl (C=O) groups excluding carboxylic acids is 13. The number of esters is 8. The highest BCUT2D eigenvalue weighted by atomic mass is 127. The molecule has 0 aliphatic heterocycles. The fraction of sp³-hybridized carbons (Fsp3) is 0.534. The molecule has 121 heavy (non-hydrogen) atoms. The van der Waals surface area contributed by atoms with E-state index >= 15 is 0 Å². The molecule has 0 bridgehead atoms. The summed E-state index contributed by atoms with van der Waals surface area (Å²) in [6.07, 6.45) is 23.3. The topological polar surface area (TPSA) is 405 Å². The summed E-state index contributed by atoms with van der Waals surface area (Å²) in [7, 11) is 0. The Morgan fingerprint density at radius 2 is 0.628 bits per heavy atom. The summed E-state index contributed by atoms with van der Waals surface area (Å²) >= 11 is -0.340. The molecule has 0 aliphatic rings. The van der Waals surface area contributed by atoms with Crippen molar-refractivity contribution in [2.75, 3.05) is 125 Å². The van der Waals surface area contributed by atoms with Crippen LogP contribution >= 0.6 is 0 Å². The van der Waals surface area contributed by atoms with E-state index in [4.69, 9.17) is 61.6 Å². The van der Waals surface area contributed by atoms with Crippen LogP contribution in [0, 0.1) is 23.4 Å². The molecule has 2 aromatic rings. The van der Waals surface area contributed by atoms with Gasteiger partial charge in [0, 0.05) is 87.9 Å². The standard InChI is InChI=1S/C88H125IN6O26/c1-10-19-20-21-22-23-24-25-26-36-45-72(56-110-71-48-46-70(47-49-71)89-69-43-34-33-35-44-69)121-85(108)94-54-41-31-32-42-55-95(82(105)91-51-38-28-30-40-53-93-84(107)120-68-88(64-116-78(101)16-7,65-117-79(102)17-8)66-118-80(103)18-9)81(104)90-50-37-27-29-39-52-92-83(106)119-67-87(62-114-76(99)14-5,63-115-77(100)15-6)58-109-57-86(59-111-73(96)11-2,60-112-74(97)12-3)61-113-75(98)13-4/h11-18,33-35,43-44,46-49,72H,2-10,19-32,36-42,45,50-68H2,1H3,(H4-,90,91,92,93,94,104,105,106,107,108)/p+1. The van der Waals surface area contributed by atoms with E-state index in [0.29, 0.717) is 95.8 Å². The molecule has 1 atom stereocenters. The maximum atomic E-state index is 13.8. The van der Waals surface area contributed by atoms with E-state index in [0.717, 1.165) is 72.8 Å². The van der Waals surface area contributed by atoms with Gasteiger partial charge in [0.15, 0.2) is 7.14 Å². The summed E-state index contributed by atoms with van der Waals surface area (Å²) in [5, 5.41) is 13.8. The molecule has 0 aromatic heterocycles. The molecule has 7 amide bonds. The number of alkyl carbamates (subject to hydrolysis) is 3. The maximum Gasteiger partial charge on any atom is 0.407 e. The zero-order valence-electron chi connectivity index (χ0n) is 70.2. The smallest absolute Gasteiger partial charge is 0.407 e. The SMILES string of the molecule is C=CC(=O)OCC(COCC(COC(=O)C=C)(COC(=O)C=C)COC(=O)NCCCCCCNC(=O)N(CCCCCCNC(=O)OC(CCCCCCCCCCCC)COc1ccc([I+]c2ccccc2)cc1)C(=O)NCCCCCCNC(=O)OCC(COC(=O)C=C)(COC(=O)C=C)COC(=O)C=C)(COC(=O)C=C)COC(=O)C=C. The van der Waals surface area contributed by atoms with Crippen molar-refractivity contribution in [2.24, 2.45) is 16.2 Å². The Kier molecular flexibility index (Phi) is 57.9. The first kappa shape index (κ1) is 106. The minimum Gasteiger partial charge on any atom is -0.490 e. The third-order valence-corrected chi connectivity index (χ3v) is 20.7. The summed E-state index contributed by atoms with van der Waals surface area (Å²) in [6, 6.07) is 17.2. The number of carbonyl (C=O) groups is 13. The zero-order chi connectivity index (χ0) is 89.0. The van der Waals surface area contributed by atoms with Crippen molar-refractivity contribution in [2.45, 2.75) is 161 Å². The van der Waals surface area contributed by atoms with Crippen LogP contribution in [-0.4, -0.2) is 214 Å². The van der Waals surface area contributed by atoms with Crippen molar-refractivity contribution >= 4 is 78.1 Å². The lowest BCUT2D eigenvalue weighted by molar-refractivity contribution is -0.597. The molecular formula is C88H126IN6O26+. The number of unbranched alkanes of at least 4 members (excludes halogenated alkanes) is 18. The highest BCUT2D eigenvalue weighted by molar-refractivity contribution is 5.93. The van der Waals surface area contributed by atoms with Crippen LogP contribution in [0.2, 0.25) is 0 Å². The minimum atomic E-state index is -1.66. The maximum absolute atomic E-state index is 13.8. The van der Waals surface area contributed by atoms with E-state index < -0.39 is 180 Å².